The van der Waals surface area contributed by atoms with E-state index in [0.717, 1.165) is 12.8 Å². The van der Waals surface area contributed by atoms with Crippen molar-refractivity contribution in [3.05, 3.63) is 59.7 Å². The van der Waals surface area contributed by atoms with Crippen LogP contribution in [0.1, 0.15) is 42.6 Å². The lowest BCUT2D eigenvalue weighted by molar-refractivity contribution is 0.0950. The minimum absolute atomic E-state index is 0.00128. The lowest BCUT2D eigenvalue weighted by Gasteiger charge is -2.30. The first kappa shape index (κ1) is 25.5. The summed E-state index contributed by atoms with van der Waals surface area (Å²) in [5, 5.41) is 4.53. The number of urea groups is 1. The second-order valence-electron chi connectivity index (χ2n) is 8.26. The van der Waals surface area contributed by atoms with E-state index in [2.05, 4.69) is 22.4 Å². The molecule has 0 atom stereocenters. The third kappa shape index (κ3) is 6.94. The first-order valence-electron chi connectivity index (χ1n) is 11.5. The van der Waals surface area contributed by atoms with Gasteiger partial charge in [0, 0.05) is 19.6 Å². The van der Waals surface area contributed by atoms with E-state index < -0.39 is 16.1 Å². The molecule has 3 N–H and O–H groups in total. The second kappa shape index (κ2) is 11.8. The second-order valence-corrected chi connectivity index (χ2v) is 9.91. The van der Waals surface area contributed by atoms with Gasteiger partial charge in [0.1, 0.15) is 5.75 Å². The zero-order valence-electron chi connectivity index (χ0n) is 19.5. The van der Waals surface area contributed by atoms with E-state index in [1.807, 2.05) is 6.92 Å². The van der Waals surface area contributed by atoms with Crippen LogP contribution in [-0.4, -0.2) is 51.6 Å². The predicted molar refractivity (Wildman–Crippen MR) is 129 cm³/mol. The SMILES string of the molecule is CCOc1ccccc1C(=O)NCCc1ccccc1S(=O)(=O)NC(=O)NN1CCC(C)CC1. The maximum absolute atomic E-state index is 12.9. The molecular weight excluding hydrogens is 456 g/mol. The molecule has 0 spiro atoms. The van der Waals surface area contributed by atoms with Crippen molar-refractivity contribution in [3.8, 4) is 5.75 Å². The highest BCUT2D eigenvalue weighted by Crippen LogP contribution is 2.19. The fraction of sp³-hybridized carbons (Fsp3) is 0.417. The summed E-state index contributed by atoms with van der Waals surface area (Å²) < 4.78 is 33.4. The van der Waals surface area contributed by atoms with Crippen molar-refractivity contribution in [2.24, 2.45) is 5.92 Å². The van der Waals surface area contributed by atoms with Crippen LogP contribution in [0.15, 0.2) is 53.4 Å². The highest BCUT2D eigenvalue weighted by atomic mass is 32.2. The van der Waals surface area contributed by atoms with Gasteiger partial charge in [-0.2, -0.15) is 0 Å². The Morgan fingerprint density at radius 3 is 2.47 bits per heavy atom. The monoisotopic (exact) mass is 488 g/mol. The van der Waals surface area contributed by atoms with Crippen LogP contribution in [0.2, 0.25) is 0 Å². The minimum Gasteiger partial charge on any atom is -0.493 e. The van der Waals surface area contributed by atoms with Gasteiger partial charge < -0.3 is 10.1 Å². The van der Waals surface area contributed by atoms with Crippen molar-refractivity contribution < 1.29 is 22.7 Å². The Kier molecular flexibility index (Phi) is 8.89. The van der Waals surface area contributed by atoms with Crippen LogP contribution < -0.4 is 20.2 Å². The zero-order valence-corrected chi connectivity index (χ0v) is 20.4. The number of benzene rings is 2. The summed E-state index contributed by atoms with van der Waals surface area (Å²) >= 11 is 0. The average Bonchev–Trinajstić information content (AvgIpc) is 2.81. The number of nitrogens with zero attached hydrogens (tertiary/aromatic N) is 1. The summed E-state index contributed by atoms with van der Waals surface area (Å²) in [5.41, 5.74) is 3.52. The van der Waals surface area contributed by atoms with Crippen molar-refractivity contribution in [2.75, 3.05) is 26.2 Å². The summed E-state index contributed by atoms with van der Waals surface area (Å²) in [6, 6.07) is 12.6. The summed E-state index contributed by atoms with van der Waals surface area (Å²) in [5.74, 6) is 0.770. The number of hydrogen-bond donors (Lipinski definition) is 3. The van der Waals surface area contributed by atoms with Crippen molar-refractivity contribution in [1.82, 2.24) is 20.5 Å². The summed E-state index contributed by atoms with van der Waals surface area (Å²) in [4.78, 5) is 24.9. The Bertz CT molecular complexity index is 1100. The number of ether oxygens (including phenoxy) is 1. The van der Waals surface area contributed by atoms with Gasteiger partial charge in [0.25, 0.3) is 15.9 Å². The number of amides is 3. The van der Waals surface area contributed by atoms with Crippen molar-refractivity contribution >= 4 is 22.0 Å². The van der Waals surface area contributed by atoms with Crippen LogP contribution in [0.25, 0.3) is 0 Å². The lowest BCUT2D eigenvalue weighted by atomic mass is 10.0. The van der Waals surface area contributed by atoms with Gasteiger partial charge in [-0.3, -0.25) is 10.2 Å². The van der Waals surface area contributed by atoms with Crippen LogP contribution in [-0.2, 0) is 16.4 Å². The maximum Gasteiger partial charge on any atom is 0.343 e. The zero-order chi connectivity index (χ0) is 24.6. The Balaban J connectivity index is 1.60. The van der Waals surface area contributed by atoms with Gasteiger partial charge in [-0.15, -0.1) is 0 Å². The standard InChI is InChI=1S/C24H32N4O5S/c1-3-33-21-10-6-5-9-20(21)23(29)25-15-12-19-8-4-7-11-22(19)34(31,32)27-24(30)26-28-16-13-18(2)14-17-28/h4-11,18H,3,12-17H2,1-2H3,(H,25,29)(H2,26,27,30). The van der Waals surface area contributed by atoms with E-state index in [-0.39, 0.29) is 23.8 Å². The fourth-order valence-electron chi connectivity index (χ4n) is 3.78. The number of rotatable bonds is 9. The third-order valence-corrected chi connectivity index (χ3v) is 7.08. The van der Waals surface area contributed by atoms with E-state index in [1.54, 1.807) is 47.5 Å². The van der Waals surface area contributed by atoms with E-state index >= 15 is 0 Å². The van der Waals surface area contributed by atoms with Crippen LogP contribution in [0.4, 0.5) is 4.79 Å². The molecule has 3 rings (SSSR count). The molecule has 1 fully saturated rings. The van der Waals surface area contributed by atoms with Crippen LogP contribution in [0.3, 0.4) is 0 Å². The Morgan fingerprint density at radius 2 is 1.74 bits per heavy atom. The molecule has 0 aromatic heterocycles. The highest BCUT2D eigenvalue weighted by Gasteiger charge is 2.23. The van der Waals surface area contributed by atoms with Gasteiger partial charge in [-0.1, -0.05) is 37.3 Å². The maximum atomic E-state index is 12.9. The third-order valence-electron chi connectivity index (χ3n) is 5.64. The first-order valence-corrected chi connectivity index (χ1v) is 12.9. The van der Waals surface area contributed by atoms with Gasteiger partial charge in [0.05, 0.1) is 17.1 Å². The molecule has 0 saturated carbocycles. The van der Waals surface area contributed by atoms with Crippen molar-refractivity contribution in [1.29, 1.82) is 0 Å². The molecule has 1 aliphatic rings. The van der Waals surface area contributed by atoms with E-state index in [9.17, 15) is 18.0 Å². The molecule has 34 heavy (non-hydrogen) atoms. The van der Waals surface area contributed by atoms with E-state index in [0.29, 0.717) is 42.5 Å². The highest BCUT2D eigenvalue weighted by molar-refractivity contribution is 7.90. The number of carbonyl (C=O) groups excluding carboxylic acids is 2. The molecule has 0 aliphatic carbocycles. The van der Waals surface area contributed by atoms with Crippen LogP contribution in [0, 0.1) is 5.92 Å². The van der Waals surface area contributed by atoms with Gasteiger partial charge >= 0.3 is 6.03 Å². The molecular formula is C24H32N4O5S. The predicted octanol–water partition coefficient (Wildman–Crippen LogP) is 2.69. The topological polar surface area (TPSA) is 117 Å². The smallest absolute Gasteiger partial charge is 0.343 e. The van der Waals surface area contributed by atoms with Gasteiger partial charge in [-0.05, 0) is 55.9 Å². The minimum atomic E-state index is -4.09. The molecule has 0 bridgehead atoms. The molecule has 9 nitrogen and oxygen atoms in total. The quantitative estimate of drug-likeness (QED) is 0.500. The number of piperidine rings is 1. The van der Waals surface area contributed by atoms with Gasteiger partial charge in [0.15, 0.2) is 0 Å². The van der Waals surface area contributed by atoms with Gasteiger partial charge in [0.2, 0.25) is 0 Å². The molecule has 1 heterocycles. The molecule has 2 aromatic carbocycles. The van der Waals surface area contributed by atoms with Crippen molar-refractivity contribution in [2.45, 2.75) is 38.0 Å². The molecule has 0 radical (unpaired) electrons. The molecule has 1 aliphatic heterocycles. The Hall–Kier alpha value is -3.11. The number of para-hydroxylation sites is 1. The molecule has 184 valence electrons. The summed E-state index contributed by atoms with van der Waals surface area (Å²) in [6.45, 7) is 6.00. The van der Waals surface area contributed by atoms with Crippen LogP contribution in [0.5, 0.6) is 5.75 Å². The van der Waals surface area contributed by atoms with E-state index in [4.69, 9.17) is 4.74 Å². The largest absolute Gasteiger partial charge is 0.493 e. The van der Waals surface area contributed by atoms with Crippen molar-refractivity contribution in [3.63, 3.8) is 0 Å². The number of sulfonamides is 1. The molecule has 0 unspecified atom stereocenters. The first-order chi connectivity index (χ1) is 16.3. The number of carbonyl (C=O) groups is 2. The number of hydrogen-bond acceptors (Lipinski definition) is 6. The summed E-state index contributed by atoms with van der Waals surface area (Å²) in [6.07, 6.45) is 2.15. The average molecular weight is 489 g/mol. The normalized spacial score (nSPS) is 14.9. The molecule has 1 saturated heterocycles. The lowest BCUT2D eigenvalue weighted by Crippen LogP contribution is -2.51. The molecule has 3 amide bonds. The Labute approximate surface area is 200 Å². The molecule has 2 aromatic rings. The van der Waals surface area contributed by atoms with Crippen LogP contribution >= 0.6 is 0 Å². The van der Waals surface area contributed by atoms with Gasteiger partial charge in [-0.25, -0.2) is 22.9 Å². The molecule has 10 heteroatoms. The number of hydrazine groups is 1. The van der Waals surface area contributed by atoms with E-state index in [1.165, 1.54) is 6.07 Å². The number of nitrogens with one attached hydrogen (secondary N) is 3. The fourth-order valence-corrected chi connectivity index (χ4v) is 4.95. The Morgan fingerprint density at radius 1 is 1.06 bits per heavy atom. The summed E-state index contributed by atoms with van der Waals surface area (Å²) in [7, 11) is -4.09.